The van der Waals surface area contributed by atoms with Crippen molar-refractivity contribution >= 4 is 33.2 Å². The third-order valence-corrected chi connectivity index (χ3v) is 3.19. The summed E-state index contributed by atoms with van der Waals surface area (Å²) in [6.45, 7) is 5.74. The summed E-state index contributed by atoms with van der Waals surface area (Å²) < 4.78 is 12.9. The highest BCUT2D eigenvalue weighted by Crippen LogP contribution is 2.26. The highest BCUT2D eigenvalue weighted by atomic mass is 79.9. The second-order valence-corrected chi connectivity index (χ2v) is 6.34. The Hall–Kier alpha value is -1.60. The van der Waals surface area contributed by atoms with Gasteiger partial charge in [-0.3, -0.25) is 5.32 Å². The van der Waals surface area contributed by atoms with Gasteiger partial charge in [0, 0.05) is 7.11 Å². The summed E-state index contributed by atoms with van der Waals surface area (Å²) in [7, 11) is 1.58. The summed E-state index contributed by atoms with van der Waals surface area (Å²) in [5.74, 6) is 0. The van der Waals surface area contributed by atoms with Gasteiger partial charge in [-0.25, -0.2) is 9.31 Å². The molecule has 0 atom stereocenters. The first-order valence-electron chi connectivity index (χ1n) is 6.47. The molecule has 0 fully saturated rings. The van der Waals surface area contributed by atoms with Gasteiger partial charge in [-0.15, -0.1) is 0 Å². The molecule has 0 saturated carbocycles. The molecule has 0 aliphatic carbocycles. The molecule has 6 nitrogen and oxygen atoms in total. The van der Waals surface area contributed by atoms with Crippen molar-refractivity contribution in [2.24, 2.45) is 0 Å². The molecule has 7 heteroatoms. The van der Waals surface area contributed by atoms with Gasteiger partial charge in [-0.2, -0.15) is 5.10 Å². The molecule has 0 aliphatic rings. The van der Waals surface area contributed by atoms with Crippen molar-refractivity contribution in [2.45, 2.75) is 33.0 Å². The summed E-state index contributed by atoms with van der Waals surface area (Å²) in [6, 6.07) is 5.61. The molecule has 0 unspecified atom stereocenters. The van der Waals surface area contributed by atoms with Gasteiger partial charge in [0.15, 0.2) is 0 Å². The molecule has 0 aromatic carbocycles. The van der Waals surface area contributed by atoms with Crippen LogP contribution in [0, 0.1) is 0 Å². The van der Waals surface area contributed by atoms with E-state index in [4.69, 9.17) is 9.47 Å². The number of nitrogens with one attached hydrogen (secondary N) is 1. The lowest BCUT2D eigenvalue weighted by molar-refractivity contribution is 0.0635. The van der Waals surface area contributed by atoms with Gasteiger partial charge in [0.05, 0.1) is 17.8 Å². The van der Waals surface area contributed by atoms with Crippen LogP contribution >= 0.6 is 15.9 Å². The predicted molar refractivity (Wildman–Crippen MR) is 83.5 cm³/mol. The Morgan fingerprint density at radius 1 is 1.43 bits per heavy atom. The highest BCUT2D eigenvalue weighted by Gasteiger charge is 2.20. The number of anilines is 1. The van der Waals surface area contributed by atoms with Crippen LogP contribution in [0.15, 0.2) is 22.8 Å². The number of aromatic nitrogens is 2. The molecule has 0 spiro atoms. The number of carbonyl (C=O) groups is 1. The summed E-state index contributed by atoms with van der Waals surface area (Å²) in [6.07, 6.45) is -0.519. The minimum absolute atomic E-state index is 0.291. The number of ether oxygens (including phenoxy) is 2. The molecule has 0 radical (unpaired) electrons. The van der Waals surface area contributed by atoms with Gasteiger partial charge < -0.3 is 9.47 Å². The van der Waals surface area contributed by atoms with Gasteiger partial charge in [-0.05, 0) is 48.8 Å². The third-order valence-electron chi connectivity index (χ3n) is 2.59. The average Bonchev–Trinajstić information content (AvgIpc) is 2.68. The molecule has 1 amide bonds. The van der Waals surface area contributed by atoms with Gasteiger partial charge in [0.1, 0.15) is 15.9 Å². The molecule has 21 heavy (non-hydrogen) atoms. The van der Waals surface area contributed by atoms with Crippen molar-refractivity contribution in [3.8, 4) is 0 Å². The van der Waals surface area contributed by atoms with Crippen LogP contribution in [0.5, 0.6) is 0 Å². The number of hydrogen-bond donors (Lipinski definition) is 1. The van der Waals surface area contributed by atoms with Crippen molar-refractivity contribution in [1.29, 1.82) is 0 Å². The van der Waals surface area contributed by atoms with E-state index in [9.17, 15) is 4.79 Å². The summed E-state index contributed by atoms with van der Waals surface area (Å²) in [5, 5.41) is 7.18. The van der Waals surface area contributed by atoms with Crippen molar-refractivity contribution in [3.63, 3.8) is 0 Å². The highest BCUT2D eigenvalue weighted by molar-refractivity contribution is 9.10. The topological polar surface area (TPSA) is 64.9 Å². The van der Waals surface area contributed by atoms with Crippen LogP contribution in [0.3, 0.4) is 0 Å². The zero-order valence-electron chi connectivity index (χ0n) is 12.4. The predicted octanol–water partition coefficient (Wildman–Crippen LogP) is 3.59. The SMILES string of the molecule is COCc1nn2c(Br)cccc2c1NC(=O)OC(C)(C)C. The van der Waals surface area contributed by atoms with E-state index in [1.807, 2.05) is 39.0 Å². The van der Waals surface area contributed by atoms with Crippen molar-refractivity contribution in [1.82, 2.24) is 9.61 Å². The van der Waals surface area contributed by atoms with E-state index in [1.54, 1.807) is 11.6 Å². The first-order valence-corrected chi connectivity index (χ1v) is 7.26. The number of methoxy groups -OCH3 is 1. The Bertz CT molecular complexity index is 661. The molecule has 0 saturated heterocycles. The van der Waals surface area contributed by atoms with Crippen molar-refractivity contribution in [2.75, 3.05) is 12.4 Å². The first-order chi connectivity index (χ1) is 9.81. The fourth-order valence-electron chi connectivity index (χ4n) is 1.86. The van der Waals surface area contributed by atoms with Gasteiger partial charge >= 0.3 is 6.09 Å². The monoisotopic (exact) mass is 355 g/mol. The first kappa shape index (κ1) is 15.8. The maximum atomic E-state index is 12.0. The van der Waals surface area contributed by atoms with Gasteiger partial charge in [0.25, 0.3) is 0 Å². The number of rotatable bonds is 3. The minimum Gasteiger partial charge on any atom is -0.444 e. The van der Waals surface area contributed by atoms with Crippen LogP contribution in [0.25, 0.3) is 5.52 Å². The van der Waals surface area contributed by atoms with Crippen LogP contribution in [0.2, 0.25) is 0 Å². The zero-order chi connectivity index (χ0) is 15.6. The van der Waals surface area contributed by atoms with E-state index in [2.05, 4.69) is 26.3 Å². The standard InChI is InChI=1S/C14H18BrN3O3/c1-14(2,3)21-13(19)16-12-9(8-20-4)17-18-10(12)6-5-7-11(18)15/h5-7H,8H2,1-4H3,(H,16,19). The van der Waals surface area contributed by atoms with E-state index in [0.717, 1.165) is 10.1 Å². The second-order valence-electron chi connectivity index (χ2n) is 5.53. The van der Waals surface area contributed by atoms with E-state index in [1.165, 1.54) is 0 Å². The summed E-state index contributed by atoms with van der Waals surface area (Å²) >= 11 is 3.43. The number of fused-ring (bicyclic) bond motifs is 1. The Balaban J connectivity index is 2.39. The van der Waals surface area contributed by atoms with Crippen LogP contribution in [0.4, 0.5) is 10.5 Å². The Morgan fingerprint density at radius 2 is 2.14 bits per heavy atom. The smallest absolute Gasteiger partial charge is 0.412 e. The van der Waals surface area contributed by atoms with E-state index < -0.39 is 11.7 Å². The molecule has 1 N–H and O–H groups in total. The van der Waals surface area contributed by atoms with Crippen LogP contribution in [0.1, 0.15) is 26.5 Å². The second kappa shape index (κ2) is 6.03. The Morgan fingerprint density at radius 3 is 2.76 bits per heavy atom. The number of hydrogen-bond acceptors (Lipinski definition) is 4. The molecular weight excluding hydrogens is 338 g/mol. The lowest BCUT2D eigenvalue weighted by Gasteiger charge is -2.19. The minimum atomic E-state index is -0.560. The summed E-state index contributed by atoms with van der Waals surface area (Å²) in [5.41, 5.74) is 1.43. The molecule has 0 aliphatic heterocycles. The maximum Gasteiger partial charge on any atom is 0.412 e. The quantitative estimate of drug-likeness (QED) is 0.854. The van der Waals surface area contributed by atoms with E-state index in [-0.39, 0.29) is 0 Å². The van der Waals surface area contributed by atoms with Crippen molar-refractivity contribution < 1.29 is 14.3 Å². The molecule has 2 aromatic heterocycles. The van der Waals surface area contributed by atoms with E-state index in [0.29, 0.717) is 18.0 Å². The number of carbonyl (C=O) groups excluding carboxylic acids is 1. The molecular formula is C14H18BrN3O3. The number of halogens is 1. The van der Waals surface area contributed by atoms with Crippen LogP contribution < -0.4 is 5.32 Å². The van der Waals surface area contributed by atoms with Crippen molar-refractivity contribution in [3.05, 3.63) is 28.5 Å². The molecule has 0 bridgehead atoms. The molecule has 114 valence electrons. The average molecular weight is 356 g/mol. The largest absolute Gasteiger partial charge is 0.444 e. The maximum absolute atomic E-state index is 12.0. The fourth-order valence-corrected chi connectivity index (χ4v) is 2.29. The van der Waals surface area contributed by atoms with Crippen LogP contribution in [-0.4, -0.2) is 28.4 Å². The van der Waals surface area contributed by atoms with Gasteiger partial charge in [0.2, 0.25) is 0 Å². The fraction of sp³-hybridized carbons (Fsp3) is 0.429. The van der Waals surface area contributed by atoms with E-state index >= 15 is 0 Å². The Kier molecular flexibility index (Phi) is 4.53. The number of nitrogens with zero attached hydrogens (tertiary/aromatic N) is 2. The summed E-state index contributed by atoms with van der Waals surface area (Å²) in [4.78, 5) is 12.0. The molecule has 2 heterocycles. The zero-order valence-corrected chi connectivity index (χ0v) is 14.0. The number of amides is 1. The molecule has 2 aromatic rings. The number of pyridine rings is 1. The third kappa shape index (κ3) is 3.74. The molecule has 2 rings (SSSR count). The van der Waals surface area contributed by atoms with Gasteiger partial charge in [-0.1, -0.05) is 6.07 Å². The normalized spacial score (nSPS) is 11.7. The Labute approximate surface area is 131 Å². The lowest BCUT2D eigenvalue weighted by atomic mass is 10.2. The van der Waals surface area contributed by atoms with Crippen LogP contribution in [-0.2, 0) is 16.1 Å². The lowest BCUT2D eigenvalue weighted by Crippen LogP contribution is -2.27.